The van der Waals surface area contributed by atoms with E-state index in [1.165, 1.54) is 25.9 Å². The minimum atomic E-state index is 0.0323. The number of benzene rings is 1. The van der Waals surface area contributed by atoms with Gasteiger partial charge in [-0.3, -0.25) is 4.79 Å². The molecule has 1 unspecified atom stereocenters. The van der Waals surface area contributed by atoms with Crippen LogP contribution in [0.1, 0.15) is 37.0 Å². The Labute approximate surface area is 126 Å². The maximum atomic E-state index is 12.4. The predicted molar refractivity (Wildman–Crippen MR) is 82.6 cm³/mol. The van der Waals surface area contributed by atoms with Gasteiger partial charge < -0.3 is 15.0 Å². The van der Waals surface area contributed by atoms with Crippen LogP contribution in [0.15, 0.2) is 24.3 Å². The van der Waals surface area contributed by atoms with Gasteiger partial charge in [0.2, 0.25) is 0 Å². The fourth-order valence-corrected chi connectivity index (χ4v) is 3.34. The molecule has 0 radical (unpaired) electrons. The lowest BCUT2D eigenvalue weighted by molar-refractivity contribution is 0.0620. The topological polar surface area (TPSA) is 41.6 Å². The molecule has 114 valence electrons. The second kappa shape index (κ2) is 6.06. The van der Waals surface area contributed by atoms with Gasteiger partial charge in [0.25, 0.3) is 5.91 Å². The second-order valence-corrected chi connectivity index (χ2v) is 6.41. The van der Waals surface area contributed by atoms with Gasteiger partial charge in [0.05, 0.1) is 6.10 Å². The molecule has 3 heterocycles. The normalized spacial score (nSPS) is 27.7. The molecule has 3 saturated heterocycles. The molecule has 3 aliphatic heterocycles. The highest BCUT2D eigenvalue weighted by Crippen LogP contribution is 2.27. The van der Waals surface area contributed by atoms with Gasteiger partial charge in [-0.2, -0.15) is 0 Å². The van der Waals surface area contributed by atoms with E-state index in [9.17, 15) is 4.79 Å². The van der Waals surface area contributed by atoms with Gasteiger partial charge in [-0.25, -0.2) is 0 Å². The van der Waals surface area contributed by atoms with Crippen LogP contribution in [-0.4, -0.2) is 42.6 Å². The Bertz CT molecular complexity index is 490. The van der Waals surface area contributed by atoms with Crippen molar-refractivity contribution in [3.63, 3.8) is 0 Å². The number of nitrogens with zero attached hydrogens (tertiary/aromatic N) is 1. The molecule has 4 rings (SSSR count). The zero-order chi connectivity index (χ0) is 14.8. The summed E-state index contributed by atoms with van der Waals surface area (Å²) in [6.07, 6.45) is 2.58. The molecule has 0 spiro atoms. The average molecular weight is 288 g/mol. The fourth-order valence-electron chi connectivity index (χ4n) is 3.34. The number of hydrogen-bond donors (Lipinski definition) is 1. The largest absolute Gasteiger partial charge is 0.491 e. The van der Waals surface area contributed by atoms with Crippen molar-refractivity contribution < 1.29 is 9.53 Å². The summed E-state index contributed by atoms with van der Waals surface area (Å²) in [7, 11) is 0. The van der Waals surface area contributed by atoms with E-state index >= 15 is 0 Å². The van der Waals surface area contributed by atoms with E-state index in [0.717, 1.165) is 12.3 Å². The first-order chi connectivity index (χ1) is 10.1. The van der Waals surface area contributed by atoms with Crippen molar-refractivity contribution in [3.8, 4) is 5.75 Å². The van der Waals surface area contributed by atoms with Crippen molar-refractivity contribution in [2.24, 2.45) is 5.92 Å². The molecule has 0 saturated carbocycles. The van der Waals surface area contributed by atoms with E-state index in [1.807, 2.05) is 38.1 Å². The molecule has 0 aliphatic carbocycles. The number of ether oxygens (including phenoxy) is 1. The van der Waals surface area contributed by atoms with Crippen LogP contribution in [0, 0.1) is 5.92 Å². The van der Waals surface area contributed by atoms with Gasteiger partial charge in [-0.05, 0) is 70.0 Å². The summed E-state index contributed by atoms with van der Waals surface area (Å²) >= 11 is 0. The van der Waals surface area contributed by atoms with Crippen molar-refractivity contribution in [1.29, 1.82) is 0 Å². The van der Waals surface area contributed by atoms with Crippen LogP contribution in [0.25, 0.3) is 0 Å². The third kappa shape index (κ3) is 3.38. The summed E-state index contributed by atoms with van der Waals surface area (Å²) in [6, 6.07) is 7.73. The first-order valence-electron chi connectivity index (χ1n) is 7.92. The highest BCUT2D eigenvalue weighted by molar-refractivity contribution is 5.94. The van der Waals surface area contributed by atoms with Crippen LogP contribution < -0.4 is 10.1 Å². The van der Waals surface area contributed by atoms with E-state index in [4.69, 9.17) is 4.74 Å². The Morgan fingerprint density at radius 3 is 2.43 bits per heavy atom. The lowest BCUT2D eigenvalue weighted by Crippen LogP contribution is -2.57. The molecule has 4 heteroatoms. The molecular formula is C17H24N2O2. The summed E-state index contributed by atoms with van der Waals surface area (Å²) in [5.74, 6) is 1.50. The summed E-state index contributed by atoms with van der Waals surface area (Å²) in [5, 5.41) is 3.21. The van der Waals surface area contributed by atoms with Gasteiger partial charge in [0.15, 0.2) is 0 Å². The Morgan fingerprint density at radius 1 is 1.24 bits per heavy atom. The lowest BCUT2D eigenvalue weighted by Gasteiger charge is -2.44. The molecule has 1 aromatic carbocycles. The van der Waals surface area contributed by atoms with E-state index in [-0.39, 0.29) is 12.0 Å². The Balaban J connectivity index is 1.60. The highest BCUT2D eigenvalue weighted by atomic mass is 16.5. The first-order valence-corrected chi connectivity index (χ1v) is 7.92. The zero-order valence-corrected chi connectivity index (χ0v) is 12.8. The fraction of sp³-hybridized carbons (Fsp3) is 0.588. The third-order valence-corrected chi connectivity index (χ3v) is 4.46. The molecule has 3 fully saturated rings. The van der Waals surface area contributed by atoms with Crippen LogP contribution >= 0.6 is 0 Å². The molecule has 0 aromatic heterocycles. The number of piperidine rings is 3. The standard InChI is InChI=1S/C17H24N2O2/c1-12(2)21-15-5-3-14(4-6-15)17(20)18-16-11-19-9-7-13(16)8-10-19/h3-6,12-13,16H,7-11H2,1-2H3,(H,18,20). The Hall–Kier alpha value is -1.55. The molecule has 2 bridgehead atoms. The number of carbonyl (C=O) groups is 1. The van der Waals surface area contributed by atoms with Crippen LogP contribution in [-0.2, 0) is 0 Å². The first kappa shape index (κ1) is 14.4. The number of hydrogen-bond acceptors (Lipinski definition) is 3. The van der Waals surface area contributed by atoms with Crippen LogP contribution in [0.2, 0.25) is 0 Å². The van der Waals surface area contributed by atoms with Gasteiger partial charge in [-0.15, -0.1) is 0 Å². The van der Waals surface area contributed by atoms with Gasteiger partial charge >= 0.3 is 0 Å². The number of rotatable bonds is 4. The van der Waals surface area contributed by atoms with Gasteiger partial charge in [0.1, 0.15) is 5.75 Å². The zero-order valence-electron chi connectivity index (χ0n) is 12.8. The Kier molecular flexibility index (Phi) is 4.15. The minimum absolute atomic E-state index is 0.0323. The minimum Gasteiger partial charge on any atom is -0.491 e. The Morgan fingerprint density at radius 2 is 1.90 bits per heavy atom. The van der Waals surface area contributed by atoms with Gasteiger partial charge in [0, 0.05) is 18.2 Å². The maximum Gasteiger partial charge on any atom is 0.251 e. The van der Waals surface area contributed by atoms with Gasteiger partial charge in [-0.1, -0.05) is 0 Å². The van der Waals surface area contributed by atoms with E-state index < -0.39 is 0 Å². The number of carbonyl (C=O) groups excluding carboxylic acids is 1. The monoisotopic (exact) mass is 288 g/mol. The van der Waals surface area contributed by atoms with Crippen molar-refractivity contribution in [2.45, 2.75) is 38.8 Å². The molecule has 4 nitrogen and oxygen atoms in total. The average Bonchev–Trinajstić information content (AvgIpc) is 2.48. The second-order valence-electron chi connectivity index (χ2n) is 6.41. The number of fused-ring (bicyclic) bond motifs is 3. The van der Waals surface area contributed by atoms with E-state index in [1.54, 1.807) is 0 Å². The van der Waals surface area contributed by atoms with E-state index in [2.05, 4.69) is 10.2 Å². The molecule has 1 atom stereocenters. The smallest absolute Gasteiger partial charge is 0.251 e. The lowest BCUT2D eigenvalue weighted by atomic mass is 9.84. The van der Waals surface area contributed by atoms with Crippen molar-refractivity contribution in [1.82, 2.24) is 10.2 Å². The summed E-state index contributed by atoms with van der Waals surface area (Å²) in [5.41, 5.74) is 0.711. The molecule has 1 amide bonds. The molecule has 21 heavy (non-hydrogen) atoms. The molecular weight excluding hydrogens is 264 g/mol. The highest BCUT2D eigenvalue weighted by Gasteiger charge is 2.34. The number of amides is 1. The predicted octanol–water partition coefficient (Wildman–Crippen LogP) is 2.30. The van der Waals surface area contributed by atoms with Crippen molar-refractivity contribution in [3.05, 3.63) is 29.8 Å². The van der Waals surface area contributed by atoms with Crippen LogP contribution in [0.5, 0.6) is 5.75 Å². The maximum absolute atomic E-state index is 12.4. The summed E-state index contributed by atoms with van der Waals surface area (Å²) < 4.78 is 5.60. The quantitative estimate of drug-likeness (QED) is 0.924. The molecule has 1 N–H and O–H groups in total. The molecule has 1 aromatic rings. The SMILES string of the molecule is CC(C)Oc1ccc(C(=O)NC2CN3CCC2CC3)cc1. The third-order valence-electron chi connectivity index (χ3n) is 4.46. The summed E-state index contributed by atoms with van der Waals surface area (Å²) in [4.78, 5) is 14.8. The van der Waals surface area contributed by atoms with Crippen LogP contribution in [0.3, 0.4) is 0 Å². The van der Waals surface area contributed by atoms with Crippen molar-refractivity contribution in [2.75, 3.05) is 19.6 Å². The van der Waals surface area contributed by atoms with Crippen LogP contribution in [0.4, 0.5) is 0 Å². The summed E-state index contributed by atoms with van der Waals surface area (Å²) in [6.45, 7) is 7.38. The van der Waals surface area contributed by atoms with E-state index in [0.29, 0.717) is 17.5 Å². The van der Waals surface area contributed by atoms with Crippen molar-refractivity contribution >= 4 is 5.91 Å². The number of nitrogens with one attached hydrogen (secondary N) is 1. The molecule has 3 aliphatic rings.